The first-order valence-electron chi connectivity index (χ1n) is 7.85. The van der Waals surface area contributed by atoms with Gasteiger partial charge in [-0.1, -0.05) is 6.07 Å². The number of benzene rings is 1. The van der Waals surface area contributed by atoms with Gasteiger partial charge in [-0.3, -0.25) is 0 Å². The number of hydrogen-bond acceptors (Lipinski definition) is 3. The van der Waals surface area contributed by atoms with Crippen LogP contribution < -0.4 is 10.6 Å². The van der Waals surface area contributed by atoms with Crippen LogP contribution in [0, 0.1) is 13.8 Å². The Morgan fingerprint density at radius 1 is 1.22 bits per heavy atom. The van der Waals surface area contributed by atoms with Gasteiger partial charge in [-0.25, -0.2) is 4.79 Å². The molecular weight excluding hydrogens is 308 g/mol. The van der Waals surface area contributed by atoms with Crippen molar-refractivity contribution in [3.8, 4) is 0 Å². The lowest BCUT2D eigenvalue weighted by Crippen LogP contribution is -2.30. The molecule has 1 atom stereocenters. The van der Waals surface area contributed by atoms with Gasteiger partial charge in [0.05, 0.1) is 0 Å². The first-order chi connectivity index (χ1) is 11.1. The maximum Gasteiger partial charge on any atom is 0.319 e. The van der Waals surface area contributed by atoms with Crippen molar-refractivity contribution >= 4 is 23.1 Å². The summed E-state index contributed by atoms with van der Waals surface area (Å²) in [5.41, 5.74) is 4.40. The highest BCUT2D eigenvalue weighted by molar-refractivity contribution is 7.07. The van der Waals surface area contributed by atoms with Crippen LogP contribution in [0.2, 0.25) is 0 Å². The van der Waals surface area contributed by atoms with Crippen LogP contribution in [-0.2, 0) is 0 Å². The van der Waals surface area contributed by atoms with E-state index in [1.54, 1.807) is 11.3 Å². The van der Waals surface area contributed by atoms with E-state index >= 15 is 0 Å². The highest BCUT2D eigenvalue weighted by atomic mass is 32.1. The van der Waals surface area contributed by atoms with E-state index in [2.05, 4.69) is 22.1 Å². The van der Waals surface area contributed by atoms with Gasteiger partial charge in [-0.05, 0) is 78.3 Å². The van der Waals surface area contributed by atoms with Gasteiger partial charge in [0.25, 0.3) is 0 Å². The van der Waals surface area contributed by atoms with E-state index in [4.69, 9.17) is 0 Å². The summed E-state index contributed by atoms with van der Waals surface area (Å²) in [7, 11) is 0. The van der Waals surface area contributed by atoms with Crippen LogP contribution in [0.5, 0.6) is 0 Å². The summed E-state index contributed by atoms with van der Waals surface area (Å²) >= 11 is 1.66. The molecule has 124 valence electrons. The maximum atomic E-state index is 12.0. The summed E-state index contributed by atoms with van der Waals surface area (Å²) < 4.78 is 0. The molecule has 0 aliphatic heterocycles. The third kappa shape index (κ3) is 5.37. The van der Waals surface area contributed by atoms with E-state index in [-0.39, 0.29) is 18.6 Å². The summed E-state index contributed by atoms with van der Waals surface area (Å²) in [6.45, 7) is 4.82. The molecule has 2 amide bonds. The first-order valence-corrected chi connectivity index (χ1v) is 8.79. The van der Waals surface area contributed by atoms with Crippen molar-refractivity contribution in [3.63, 3.8) is 0 Å². The molecule has 1 unspecified atom stereocenters. The number of carbonyl (C=O) groups is 1. The van der Waals surface area contributed by atoms with Gasteiger partial charge in [-0.2, -0.15) is 11.3 Å². The number of aliphatic hydroxyl groups excluding tert-OH is 1. The lowest BCUT2D eigenvalue weighted by molar-refractivity contribution is 0.250. The summed E-state index contributed by atoms with van der Waals surface area (Å²) in [5, 5.41) is 19.1. The number of aryl methyl sites for hydroxylation is 2. The molecule has 1 aromatic heterocycles. The van der Waals surface area contributed by atoms with Crippen LogP contribution in [0.25, 0.3) is 0 Å². The monoisotopic (exact) mass is 332 g/mol. The molecule has 0 spiro atoms. The number of carbonyl (C=O) groups excluding carboxylic acids is 1. The largest absolute Gasteiger partial charge is 0.396 e. The summed E-state index contributed by atoms with van der Waals surface area (Å²) in [6, 6.07) is 7.76. The summed E-state index contributed by atoms with van der Waals surface area (Å²) in [6.07, 6.45) is 1.54. The fourth-order valence-electron chi connectivity index (χ4n) is 2.50. The Morgan fingerprint density at radius 2 is 2.04 bits per heavy atom. The second kappa shape index (κ2) is 8.70. The number of amides is 2. The number of hydrogen-bond donors (Lipinski definition) is 3. The normalized spacial score (nSPS) is 12.0. The number of rotatable bonds is 7. The average molecular weight is 332 g/mol. The van der Waals surface area contributed by atoms with Crippen molar-refractivity contribution in [2.75, 3.05) is 18.5 Å². The molecule has 2 aromatic rings. The van der Waals surface area contributed by atoms with Crippen LogP contribution in [-0.4, -0.2) is 24.3 Å². The Kier molecular flexibility index (Phi) is 6.62. The highest BCUT2D eigenvalue weighted by Gasteiger charge is 2.12. The van der Waals surface area contributed by atoms with Gasteiger partial charge < -0.3 is 15.7 Å². The maximum absolute atomic E-state index is 12.0. The zero-order valence-corrected chi connectivity index (χ0v) is 14.5. The van der Waals surface area contributed by atoms with Crippen molar-refractivity contribution in [1.82, 2.24) is 5.32 Å². The Bertz CT molecular complexity index is 626. The van der Waals surface area contributed by atoms with E-state index < -0.39 is 0 Å². The molecule has 0 aliphatic carbocycles. The number of thiophene rings is 1. The van der Waals surface area contributed by atoms with Crippen LogP contribution >= 0.6 is 11.3 Å². The SMILES string of the molecule is Cc1ccc(NC(=O)NCCC(CCO)c2ccsc2)cc1C. The molecule has 0 saturated carbocycles. The summed E-state index contributed by atoms with van der Waals surface area (Å²) in [5.74, 6) is 0.285. The van der Waals surface area contributed by atoms with E-state index in [9.17, 15) is 9.90 Å². The minimum absolute atomic E-state index is 0.162. The van der Waals surface area contributed by atoms with E-state index in [0.29, 0.717) is 6.54 Å². The number of urea groups is 1. The topological polar surface area (TPSA) is 61.4 Å². The number of nitrogens with one attached hydrogen (secondary N) is 2. The van der Waals surface area contributed by atoms with Crippen molar-refractivity contribution in [3.05, 3.63) is 51.7 Å². The molecule has 1 aromatic carbocycles. The van der Waals surface area contributed by atoms with Gasteiger partial charge in [0.1, 0.15) is 0 Å². The molecule has 0 fully saturated rings. The predicted octanol–water partition coefficient (Wildman–Crippen LogP) is 4.04. The predicted molar refractivity (Wildman–Crippen MR) is 96.3 cm³/mol. The van der Waals surface area contributed by atoms with Crippen LogP contribution in [0.4, 0.5) is 10.5 Å². The minimum Gasteiger partial charge on any atom is -0.396 e. The smallest absolute Gasteiger partial charge is 0.319 e. The van der Waals surface area contributed by atoms with Crippen molar-refractivity contribution in [2.45, 2.75) is 32.6 Å². The fourth-order valence-corrected chi connectivity index (χ4v) is 3.24. The molecule has 3 N–H and O–H groups in total. The van der Waals surface area contributed by atoms with Crippen molar-refractivity contribution in [1.29, 1.82) is 0 Å². The Hall–Kier alpha value is -1.85. The molecule has 23 heavy (non-hydrogen) atoms. The van der Waals surface area contributed by atoms with Gasteiger partial charge in [-0.15, -0.1) is 0 Å². The zero-order valence-electron chi connectivity index (χ0n) is 13.6. The minimum atomic E-state index is -0.193. The number of anilines is 1. The van der Waals surface area contributed by atoms with Crippen LogP contribution in [0.3, 0.4) is 0 Å². The molecule has 5 heteroatoms. The van der Waals surface area contributed by atoms with E-state index in [1.165, 1.54) is 11.1 Å². The van der Waals surface area contributed by atoms with E-state index in [1.807, 2.05) is 37.4 Å². The lowest BCUT2D eigenvalue weighted by atomic mass is 9.95. The summed E-state index contributed by atoms with van der Waals surface area (Å²) in [4.78, 5) is 12.0. The van der Waals surface area contributed by atoms with Gasteiger partial charge in [0, 0.05) is 18.8 Å². The first kappa shape index (κ1) is 17.5. The third-order valence-corrected chi connectivity index (χ3v) is 4.74. The van der Waals surface area contributed by atoms with Crippen LogP contribution in [0.1, 0.15) is 35.4 Å². The van der Waals surface area contributed by atoms with Crippen molar-refractivity contribution < 1.29 is 9.90 Å². The average Bonchev–Trinajstić information content (AvgIpc) is 3.04. The third-order valence-electron chi connectivity index (χ3n) is 4.04. The van der Waals surface area contributed by atoms with Gasteiger partial charge in [0.15, 0.2) is 0 Å². The molecule has 0 aliphatic rings. The zero-order chi connectivity index (χ0) is 16.7. The Morgan fingerprint density at radius 3 is 2.70 bits per heavy atom. The Labute approximate surface area is 141 Å². The van der Waals surface area contributed by atoms with Gasteiger partial charge in [0.2, 0.25) is 0 Å². The highest BCUT2D eigenvalue weighted by Crippen LogP contribution is 2.24. The molecule has 0 saturated heterocycles. The molecule has 0 bridgehead atoms. The molecular formula is C18H24N2O2S. The second-order valence-corrected chi connectivity index (χ2v) is 6.51. The number of aliphatic hydroxyl groups is 1. The lowest BCUT2D eigenvalue weighted by Gasteiger charge is -2.15. The van der Waals surface area contributed by atoms with E-state index in [0.717, 1.165) is 24.1 Å². The van der Waals surface area contributed by atoms with Crippen LogP contribution in [0.15, 0.2) is 35.0 Å². The molecule has 1 heterocycles. The van der Waals surface area contributed by atoms with Gasteiger partial charge >= 0.3 is 6.03 Å². The molecule has 2 rings (SSSR count). The molecule has 0 radical (unpaired) electrons. The Balaban J connectivity index is 1.80. The second-order valence-electron chi connectivity index (χ2n) is 5.73. The standard InChI is InChI=1S/C18H24N2O2S/c1-13-3-4-17(11-14(13)2)20-18(22)19-8-5-15(6-9-21)16-7-10-23-12-16/h3-4,7,10-12,15,21H,5-6,8-9H2,1-2H3,(H2,19,20,22). The molecule has 4 nitrogen and oxygen atoms in total. The quantitative estimate of drug-likeness (QED) is 0.716. The van der Waals surface area contributed by atoms with Crippen molar-refractivity contribution in [2.24, 2.45) is 0 Å². The fraction of sp³-hybridized carbons (Fsp3) is 0.389.